The minimum atomic E-state index is -0.625. The molecule has 0 saturated carbocycles. The second kappa shape index (κ2) is 7.69. The molecule has 154 valence electrons. The summed E-state index contributed by atoms with van der Waals surface area (Å²) in [4.78, 5) is 38.9. The Morgan fingerprint density at radius 3 is 2.38 bits per heavy atom. The molecule has 1 N–H and O–H groups in total. The Balaban J connectivity index is 1.87. The lowest BCUT2D eigenvalue weighted by Gasteiger charge is -2.24. The van der Waals surface area contributed by atoms with E-state index in [9.17, 15) is 14.4 Å². The summed E-state index contributed by atoms with van der Waals surface area (Å²) >= 11 is 0. The molecule has 0 bridgehead atoms. The highest BCUT2D eigenvalue weighted by Crippen LogP contribution is 2.31. The molecular weight excluding hydrogens is 372 g/mol. The van der Waals surface area contributed by atoms with Crippen molar-refractivity contribution in [2.75, 3.05) is 5.32 Å². The smallest absolute Gasteiger partial charge is 0.410 e. The van der Waals surface area contributed by atoms with Crippen LogP contribution in [-0.4, -0.2) is 38.2 Å². The Morgan fingerprint density at radius 2 is 1.79 bits per heavy atom. The zero-order valence-electron chi connectivity index (χ0n) is 17.4. The van der Waals surface area contributed by atoms with Crippen molar-refractivity contribution in [3.8, 4) is 0 Å². The lowest BCUT2D eigenvalue weighted by Crippen LogP contribution is -2.34. The molecular formula is C21H26N4O4. The number of hydrogen-bond donors (Lipinski definition) is 1. The zero-order valence-corrected chi connectivity index (χ0v) is 17.4. The Labute approximate surface area is 169 Å². The van der Waals surface area contributed by atoms with Gasteiger partial charge < -0.3 is 10.1 Å². The predicted octanol–water partition coefficient (Wildman–Crippen LogP) is 3.74. The molecule has 29 heavy (non-hydrogen) atoms. The number of aryl methyl sites for hydroxylation is 1. The summed E-state index contributed by atoms with van der Waals surface area (Å²) in [5.74, 6) is -0.237. The lowest BCUT2D eigenvalue weighted by molar-refractivity contribution is 0.0237. The van der Waals surface area contributed by atoms with Crippen LogP contribution in [0.1, 0.15) is 66.1 Å². The number of aromatic nitrogens is 2. The van der Waals surface area contributed by atoms with Gasteiger partial charge in [-0.15, -0.1) is 5.10 Å². The van der Waals surface area contributed by atoms with E-state index in [4.69, 9.17) is 4.74 Å². The van der Waals surface area contributed by atoms with Gasteiger partial charge in [-0.2, -0.15) is 0 Å². The quantitative estimate of drug-likeness (QED) is 0.850. The van der Waals surface area contributed by atoms with Crippen LogP contribution in [0.4, 0.5) is 10.6 Å². The minimum Gasteiger partial charge on any atom is -0.444 e. The number of ether oxygens (including phenoxy) is 1. The van der Waals surface area contributed by atoms with E-state index < -0.39 is 11.7 Å². The maximum Gasteiger partial charge on any atom is 0.410 e. The molecule has 0 fully saturated rings. The van der Waals surface area contributed by atoms with Crippen molar-refractivity contribution in [1.82, 2.24) is 14.7 Å². The fourth-order valence-corrected chi connectivity index (χ4v) is 3.04. The molecule has 0 radical (unpaired) electrons. The van der Waals surface area contributed by atoms with Crippen molar-refractivity contribution >= 4 is 23.7 Å². The Morgan fingerprint density at radius 1 is 1.14 bits per heavy atom. The van der Waals surface area contributed by atoms with Crippen molar-refractivity contribution in [1.29, 1.82) is 0 Å². The van der Waals surface area contributed by atoms with E-state index in [0.717, 1.165) is 5.56 Å². The van der Waals surface area contributed by atoms with E-state index in [-0.39, 0.29) is 31.3 Å². The lowest BCUT2D eigenvalue weighted by atomic mass is 10.1. The predicted molar refractivity (Wildman–Crippen MR) is 108 cm³/mol. The van der Waals surface area contributed by atoms with Gasteiger partial charge in [-0.1, -0.05) is 24.6 Å². The van der Waals surface area contributed by atoms with Crippen LogP contribution < -0.4 is 5.32 Å². The van der Waals surface area contributed by atoms with Gasteiger partial charge in [0, 0.05) is 17.5 Å². The number of amides is 2. The average Bonchev–Trinajstić information content (AvgIpc) is 3.21. The highest BCUT2D eigenvalue weighted by Gasteiger charge is 2.34. The standard InChI is InChI=1S/C21H26N4O4/c1-6-17(26)25-16-12-24(20(28)29-21(3,4)5)11-15(16)18(23-25)22-19(27)14-9-7-13(2)8-10-14/h7-10H,6,11-12H2,1-5H3,(H,22,23,27). The van der Waals surface area contributed by atoms with Crippen LogP contribution in [0.25, 0.3) is 0 Å². The molecule has 2 heterocycles. The van der Waals surface area contributed by atoms with E-state index in [1.54, 1.807) is 39.8 Å². The number of benzene rings is 1. The number of rotatable bonds is 3. The summed E-state index contributed by atoms with van der Waals surface area (Å²) in [5, 5.41) is 7.09. The zero-order chi connectivity index (χ0) is 21.3. The van der Waals surface area contributed by atoms with Crippen LogP contribution in [0.2, 0.25) is 0 Å². The van der Waals surface area contributed by atoms with Crippen molar-refractivity contribution < 1.29 is 19.1 Å². The van der Waals surface area contributed by atoms with Crippen LogP contribution in [0, 0.1) is 6.92 Å². The van der Waals surface area contributed by atoms with Gasteiger partial charge in [0.05, 0.1) is 18.8 Å². The molecule has 0 saturated heterocycles. The third-order valence-electron chi connectivity index (χ3n) is 4.52. The normalized spacial score (nSPS) is 13.2. The largest absolute Gasteiger partial charge is 0.444 e. The molecule has 0 unspecified atom stereocenters. The van der Waals surface area contributed by atoms with Crippen LogP contribution in [-0.2, 0) is 17.8 Å². The molecule has 0 spiro atoms. The number of nitrogens with zero attached hydrogens (tertiary/aromatic N) is 3. The molecule has 8 nitrogen and oxygen atoms in total. The molecule has 1 aliphatic rings. The van der Waals surface area contributed by atoms with Crippen molar-refractivity contribution in [3.63, 3.8) is 0 Å². The van der Waals surface area contributed by atoms with Gasteiger partial charge in [0.1, 0.15) is 5.60 Å². The number of hydrogen-bond acceptors (Lipinski definition) is 5. The Bertz CT molecular complexity index is 954. The molecule has 2 amide bonds. The van der Waals surface area contributed by atoms with E-state index in [1.807, 2.05) is 19.1 Å². The van der Waals surface area contributed by atoms with Gasteiger partial charge in [-0.05, 0) is 39.8 Å². The SMILES string of the molecule is CCC(=O)n1nc(NC(=O)c2ccc(C)cc2)c2c1CN(C(=O)OC(C)(C)C)C2. The first kappa shape index (κ1) is 20.6. The van der Waals surface area contributed by atoms with Crippen molar-refractivity contribution in [3.05, 3.63) is 46.6 Å². The average molecular weight is 398 g/mol. The topological polar surface area (TPSA) is 93.5 Å². The summed E-state index contributed by atoms with van der Waals surface area (Å²) in [6.45, 7) is 9.48. The number of anilines is 1. The first-order chi connectivity index (χ1) is 13.6. The monoisotopic (exact) mass is 398 g/mol. The fraction of sp³-hybridized carbons (Fsp3) is 0.429. The van der Waals surface area contributed by atoms with Crippen molar-refractivity contribution in [2.24, 2.45) is 0 Å². The van der Waals surface area contributed by atoms with Crippen LogP contribution in [0.5, 0.6) is 0 Å². The highest BCUT2D eigenvalue weighted by atomic mass is 16.6. The summed E-state index contributed by atoms with van der Waals surface area (Å²) < 4.78 is 6.72. The van der Waals surface area contributed by atoms with Crippen LogP contribution >= 0.6 is 0 Å². The van der Waals surface area contributed by atoms with Gasteiger partial charge in [0.15, 0.2) is 5.82 Å². The molecule has 2 aromatic rings. The van der Waals surface area contributed by atoms with Gasteiger partial charge >= 0.3 is 6.09 Å². The molecule has 8 heteroatoms. The summed E-state index contributed by atoms with van der Waals surface area (Å²) in [6.07, 6.45) is -0.216. The maximum atomic E-state index is 12.6. The third-order valence-corrected chi connectivity index (χ3v) is 4.52. The summed E-state index contributed by atoms with van der Waals surface area (Å²) in [5.41, 5.74) is 2.16. The molecule has 1 aliphatic heterocycles. The number of carbonyl (C=O) groups excluding carboxylic acids is 3. The van der Waals surface area contributed by atoms with E-state index in [0.29, 0.717) is 22.6 Å². The first-order valence-electron chi connectivity index (χ1n) is 9.59. The molecule has 0 aliphatic carbocycles. The summed E-state index contributed by atoms with van der Waals surface area (Å²) in [7, 11) is 0. The molecule has 3 rings (SSSR count). The van der Waals surface area contributed by atoms with Gasteiger partial charge in [0.2, 0.25) is 5.91 Å². The number of nitrogens with one attached hydrogen (secondary N) is 1. The molecule has 0 atom stereocenters. The third kappa shape index (κ3) is 4.47. The second-order valence-electron chi connectivity index (χ2n) is 8.09. The summed E-state index contributed by atoms with van der Waals surface area (Å²) in [6, 6.07) is 7.16. The second-order valence-corrected chi connectivity index (χ2v) is 8.09. The molecule has 1 aromatic carbocycles. The van der Waals surface area contributed by atoms with E-state index in [2.05, 4.69) is 10.4 Å². The van der Waals surface area contributed by atoms with Gasteiger partial charge in [-0.25, -0.2) is 9.48 Å². The maximum absolute atomic E-state index is 12.6. The van der Waals surface area contributed by atoms with Crippen LogP contribution in [0.15, 0.2) is 24.3 Å². The first-order valence-corrected chi connectivity index (χ1v) is 9.59. The number of fused-ring (bicyclic) bond motifs is 1. The van der Waals surface area contributed by atoms with Crippen LogP contribution in [0.3, 0.4) is 0 Å². The fourth-order valence-electron chi connectivity index (χ4n) is 3.04. The molecule has 1 aromatic heterocycles. The van der Waals surface area contributed by atoms with Gasteiger partial charge in [0.25, 0.3) is 5.91 Å². The number of carbonyl (C=O) groups is 3. The van der Waals surface area contributed by atoms with Gasteiger partial charge in [-0.3, -0.25) is 14.5 Å². The van der Waals surface area contributed by atoms with E-state index in [1.165, 1.54) is 9.58 Å². The van der Waals surface area contributed by atoms with E-state index >= 15 is 0 Å². The highest BCUT2D eigenvalue weighted by molar-refractivity contribution is 6.04. The Kier molecular flexibility index (Phi) is 5.46. The van der Waals surface area contributed by atoms with Crippen molar-refractivity contribution in [2.45, 2.75) is 59.7 Å². The minimum absolute atomic E-state index is 0.198. The Hall–Kier alpha value is -3.16.